The van der Waals surface area contributed by atoms with Crippen molar-refractivity contribution < 1.29 is 23.9 Å². The van der Waals surface area contributed by atoms with E-state index < -0.39 is 28.6 Å². The Bertz CT molecular complexity index is 428. The monoisotopic (exact) mass is 330 g/mol. The molecule has 0 radical (unpaired) electrons. The summed E-state index contributed by atoms with van der Waals surface area (Å²) in [4.78, 5) is 22.5. The van der Waals surface area contributed by atoms with Gasteiger partial charge in [0, 0.05) is 11.1 Å². The zero-order valence-electron chi connectivity index (χ0n) is 13.7. The van der Waals surface area contributed by atoms with Crippen LogP contribution in [0.3, 0.4) is 0 Å². The summed E-state index contributed by atoms with van der Waals surface area (Å²) in [5.41, 5.74) is 3.87. The average molecular weight is 331 g/mol. The number of hydrogen-bond acceptors (Lipinski definition) is 3. The van der Waals surface area contributed by atoms with Gasteiger partial charge in [-0.15, -0.1) is 0 Å². The molecular weight excluding hydrogens is 304 g/mol. The number of hydrogen-bond donors (Lipinski definition) is 2. The lowest BCUT2D eigenvalue weighted by atomic mass is 10.2. The molecule has 0 rings (SSSR count). The molecule has 0 atom stereocenters. The SMILES string of the molecule is CCC(=C[Si](C)(C=C(CC)C(=O)O)O[Si](C)(C)C)C(=O)O. The zero-order valence-corrected chi connectivity index (χ0v) is 15.7. The number of carboxylic acids is 2. The lowest BCUT2D eigenvalue weighted by molar-refractivity contribution is -0.133. The van der Waals surface area contributed by atoms with E-state index in [9.17, 15) is 19.8 Å². The first kappa shape index (κ1) is 19.8. The van der Waals surface area contributed by atoms with E-state index in [1.54, 1.807) is 25.2 Å². The van der Waals surface area contributed by atoms with E-state index in [-0.39, 0.29) is 11.1 Å². The molecule has 0 aromatic rings. The molecular formula is C14H26O5Si2. The van der Waals surface area contributed by atoms with Crippen LogP contribution in [0.2, 0.25) is 26.2 Å². The molecule has 0 aromatic heterocycles. The lowest BCUT2D eigenvalue weighted by Crippen LogP contribution is -2.43. The van der Waals surface area contributed by atoms with Gasteiger partial charge < -0.3 is 14.3 Å². The van der Waals surface area contributed by atoms with Gasteiger partial charge >= 0.3 is 11.9 Å². The van der Waals surface area contributed by atoms with E-state index in [1.165, 1.54) is 0 Å². The van der Waals surface area contributed by atoms with Crippen molar-refractivity contribution in [2.24, 2.45) is 0 Å². The number of rotatable bonds is 8. The van der Waals surface area contributed by atoms with Crippen LogP contribution in [0.5, 0.6) is 0 Å². The Morgan fingerprint density at radius 3 is 1.43 bits per heavy atom. The van der Waals surface area contributed by atoms with E-state index in [4.69, 9.17) is 4.12 Å². The van der Waals surface area contributed by atoms with Crippen LogP contribution in [0, 0.1) is 0 Å². The number of carboxylic acid groups (broad SMARTS) is 2. The maximum absolute atomic E-state index is 11.2. The summed E-state index contributed by atoms with van der Waals surface area (Å²) < 4.78 is 6.19. The topological polar surface area (TPSA) is 83.8 Å². The van der Waals surface area contributed by atoms with Crippen molar-refractivity contribution in [2.45, 2.75) is 52.9 Å². The summed E-state index contributed by atoms with van der Waals surface area (Å²) in [6.07, 6.45) is 0.769. The predicted molar refractivity (Wildman–Crippen MR) is 88.1 cm³/mol. The third-order valence-corrected chi connectivity index (χ3v) is 8.81. The van der Waals surface area contributed by atoms with Gasteiger partial charge in [0.25, 0.3) is 0 Å². The maximum atomic E-state index is 11.2. The predicted octanol–water partition coefficient (Wildman–Crippen LogP) is 3.33. The fourth-order valence-electron chi connectivity index (χ4n) is 2.08. The molecule has 7 heteroatoms. The molecule has 0 aliphatic rings. The van der Waals surface area contributed by atoms with Crippen molar-refractivity contribution >= 4 is 28.6 Å². The first-order valence-electron chi connectivity index (χ1n) is 7.04. The molecule has 0 amide bonds. The zero-order chi connectivity index (χ0) is 16.8. The van der Waals surface area contributed by atoms with Gasteiger partial charge in [-0.25, -0.2) is 9.59 Å². The van der Waals surface area contributed by atoms with E-state index in [0.29, 0.717) is 12.8 Å². The molecule has 0 saturated carbocycles. The highest BCUT2D eigenvalue weighted by Gasteiger charge is 2.33. The third kappa shape index (κ3) is 7.40. The largest absolute Gasteiger partial charge is 0.478 e. The highest BCUT2D eigenvalue weighted by molar-refractivity contribution is 6.91. The first-order chi connectivity index (χ1) is 9.44. The van der Waals surface area contributed by atoms with Crippen LogP contribution in [-0.4, -0.2) is 38.8 Å². The van der Waals surface area contributed by atoms with Crippen molar-refractivity contribution in [3.8, 4) is 0 Å². The molecule has 0 spiro atoms. The van der Waals surface area contributed by atoms with E-state index in [1.807, 2.05) is 26.2 Å². The van der Waals surface area contributed by atoms with Crippen LogP contribution < -0.4 is 0 Å². The molecule has 0 bridgehead atoms. The van der Waals surface area contributed by atoms with Gasteiger partial charge in [0.05, 0.1) is 0 Å². The minimum atomic E-state index is -2.70. The van der Waals surface area contributed by atoms with Crippen molar-refractivity contribution in [2.75, 3.05) is 0 Å². The Morgan fingerprint density at radius 2 is 1.24 bits per heavy atom. The van der Waals surface area contributed by atoms with E-state index >= 15 is 0 Å². The van der Waals surface area contributed by atoms with Crippen LogP contribution >= 0.6 is 0 Å². The molecule has 0 aromatic carbocycles. The Morgan fingerprint density at radius 1 is 0.905 bits per heavy atom. The summed E-state index contributed by atoms with van der Waals surface area (Å²) >= 11 is 0. The van der Waals surface area contributed by atoms with Crippen molar-refractivity contribution in [3.63, 3.8) is 0 Å². The molecule has 2 N–H and O–H groups in total. The van der Waals surface area contributed by atoms with Gasteiger partial charge in [-0.2, -0.15) is 0 Å². The van der Waals surface area contributed by atoms with Crippen LogP contribution in [-0.2, 0) is 13.7 Å². The summed E-state index contributed by atoms with van der Waals surface area (Å²) in [5.74, 6) is -1.95. The minimum absolute atomic E-state index is 0.277. The van der Waals surface area contributed by atoms with Gasteiger partial charge in [0.15, 0.2) is 8.32 Å². The molecule has 0 unspecified atom stereocenters. The molecule has 0 saturated heterocycles. The maximum Gasteiger partial charge on any atom is 0.330 e. The second-order valence-corrected chi connectivity index (χ2v) is 14.0. The summed E-state index contributed by atoms with van der Waals surface area (Å²) in [7, 11) is -4.64. The van der Waals surface area contributed by atoms with Gasteiger partial charge in [-0.3, -0.25) is 0 Å². The highest BCUT2D eigenvalue weighted by Crippen LogP contribution is 2.22. The second kappa shape index (κ2) is 7.72. The molecule has 0 fully saturated rings. The number of carbonyl (C=O) groups is 2. The van der Waals surface area contributed by atoms with Crippen LogP contribution in [0.15, 0.2) is 22.5 Å². The van der Waals surface area contributed by atoms with E-state index in [2.05, 4.69) is 0 Å². The Hall–Kier alpha value is -1.19. The molecule has 0 heterocycles. The third-order valence-electron chi connectivity index (χ3n) is 2.76. The van der Waals surface area contributed by atoms with Crippen molar-refractivity contribution in [1.29, 1.82) is 0 Å². The molecule has 5 nitrogen and oxygen atoms in total. The summed E-state index contributed by atoms with van der Waals surface area (Å²) in [6.45, 7) is 11.4. The van der Waals surface area contributed by atoms with Gasteiger partial charge in [-0.05, 0) is 39.0 Å². The van der Waals surface area contributed by atoms with Crippen LogP contribution in [0.1, 0.15) is 26.7 Å². The van der Waals surface area contributed by atoms with Crippen LogP contribution in [0.25, 0.3) is 0 Å². The van der Waals surface area contributed by atoms with E-state index in [0.717, 1.165) is 0 Å². The van der Waals surface area contributed by atoms with Crippen LogP contribution in [0.4, 0.5) is 0 Å². The molecule has 0 aliphatic carbocycles. The normalized spacial score (nSPS) is 16.5. The Kier molecular flexibility index (Phi) is 7.28. The fraction of sp³-hybridized carbons (Fsp3) is 0.571. The first-order valence-corrected chi connectivity index (χ1v) is 13.0. The van der Waals surface area contributed by atoms with Crippen molar-refractivity contribution in [1.82, 2.24) is 0 Å². The molecule has 0 aliphatic heterocycles. The average Bonchev–Trinajstić information content (AvgIpc) is 2.30. The Labute approximate surface area is 128 Å². The summed E-state index contributed by atoms with van der Waals surface area (Å²) in [5, 5.41) is 18.4. The Balaban J connectivity index is 5.90. The van der Waals surface area contributed by atoms with Gasteiger partial charge in [0.2, 0.25) is 8.32 Å². The summed E-state index contributed by atoms with van der Waals surface area (Å²) in [6, 6.07) is 0. The molecule has 21 heavy (non-hydrogen) atoms. The minimum Gasteiger partial charge on any atom is -0.478 e. The number of aliphatic carboxylic acids is 2. The standard InChI is InChI=1S/C14H26O5Si2/c1-7-11(13(15)16)9-21(6,19-20(3,4)5)10-12(8-2)14(17)18/h9-10H,7-8H2,1-6H3,(H,15,16)(H,17,18). The van der Waals surface area contributed by atoms with Gasteiger partial charge in [-0.1, -0.05) is 25.2 Å². The lowest BCUT2D eigenvalue weighted by Gasteiger charge is -2.30. The highest BCUT2D eigenvalue weighted by atomic mass is 28.4. The smallest absolute Gasteiger partial charge is 0.330 e. The van der Waals surface area contributed by atoms with Gasteiger partial charge in [0.1, 0.15) is 0 Å². The van der Waals surface area contributed by atoms with Crippen molar-refractivity contribution in [3.05, 3.63) is 22.5 Å². The second-order valence-electron chi connectivity index (χ2n) is 6.05. The molecule has 120 valence electrons. The fourth-order valence-corrected chi connectivity index (χ4v) is 9.95. The quantitative estimate of drug-likeness (QED) is 0.527.